The maximum absolute atomic E-state index is 14.6. The molecule has 0 radical (unpaired) electrons. The van der Waals surface area contributed by atoms with E-state index in [1.54, 1.807) is 23.0 Å². The molecule has 4 N–H and O–H groups in total. The van der Waals surface area contributed by atoms with Crippen LogP contribution in [-0.4, -0.2) is 91.5 Å². The molecule has 4 aromatic heterocycles. The Labute approximate surface area is 226 Å². The molecule has 0 aliphatic carbocycles. The van der Waals surface area contributed by atoms with E-state index in [1.807, 2.05) is 21.7 Å². The highest BCUT2D eigenvalue weighted by Crippen LogP contribution is 2.30. The van der Waals surface area contributed by atoms with Gasteiger partial charge in [-0.05, 0) is 18.2 Å². The lowest BCUT2D eigenvalue weighted by atomic mass is 10.2. The minimum absolute atomic E-state index is 0.174. The Hall–Kier alpha value is -4.27. The molecule has 0 bridgehead atoms. The van der Waals surface area contributed by atoms with Gasteiger partial charge in [-0.1, -0.05) is 0 Å². The third-order valence-electron chi connectivity index (χ3n) is 6.99. The number of rotatable bonds is 9. The Kier molecular flexibility index (Phi) is 6.96. The third kappa shape index (κ3) is 4.92. The summed E-state index contributed by atoms with van der Waals surface area (Å²) in [5.74, 6) is -0.851. The molecular formula is C26H28F2N8O4. The van der Waals surface area contributed by atoms with Gasteiger partial charge in [0.1, 0.15) is 24.2 Å². The highest BCUT2D eigenvalue weighted by atomic mass is 19.1. The van der Waals surface area contributed by atoms with Gasteiger partial charge in [-0.2, -0.15) is 19.7 Å². The van der Waals surface area contributed by atoms with E-state index in [1.165, 1.54) is 6.07 Å². The second-order valence-corrected chi connectivity index (χ2v) is 9.59. The SMILES string of the molecule is Nc1nc2c(cnn2CCN2CCN(c3cc(OC[C@@H](O)CO)c(F)cc3F)CC2)c2cc(-c3ccco3)nn12. The maximum Gasteiger partial charge on any atom is 0.223 e. The zero-order valence-electron chi connectivity index (χ0n) is 21.5. The number of hydrogen-bond donors (Lipinski definition) is 3. The molecule has 0 spiro atoms. The third-order valence-corrected chi connectivity index (χ3v) is 6.99. The molecule has 210 valence electrons. The monoisotopic (exact) mass is 554 g/mol. The van der Waals surface area contributed by atoms with Crippen molar-refractivity contribution in [2.24, 2.45) is 0 Å². The number of aliphatic hydroxyl groups excluding tert-OH is 2. The van der Waals surface area contributed by atoms with Crippen LogP contribution >= 0.6 is 0 Å². The molecule has 12 nitrogen and oxygen atoms in total. The van der Waals surface area contributed by atoms with Crippen molar-refractivity contribution in [2.45, 2.75) is 12.6 Å². The molecular weight excluding hydrogens is 526 g/mol. The van der Waals surface area contributed by atoms with Crippen LogP contribution in [0, 0.1) is 11.6 Å². The van der Waals surface area contributed by atoms with Gasteiger partial charge in [0.05, 0.1) is 42.2 Å². The number of nitrogens with zero attached hydrogens (tertiary/aromatic N) is 7. The summed E-state index contributed by atoms with van der Waals surface area (Å²) in [4.78, 5) is 8.60. The van der Waals surface area contributed by atoms with Crippen LogP contribution in [-0.2, 0) is 6.54 Å². The van der Waals surface area contributed by atoms with Crippen LogP contribution in [0.25, 0.3) is 28.0 Å². The van der Waals surface area contributed by atoms with E-state index in [0.717, 1.165) is 17.0 Å². The van der Waals surface area contributed by atoms with E-state index in [0.29, 0.717) is 56.4 Å². The molecule has 0 amide bonds. The largest absolute Gasteiger partial charge is 0.488 e. The number of furan rings is 1. The number of fused-ring (bicyclic) bond motifs is 3. The molecule has 1 aromatic carbocycles. The molecule has 0 saturated carbocycles. The van der Waals surface area contributed by atoms with Crippen LogP contribution in [0.2, 0.25) is 0 Å². The number of piperazine rings is 1. The van der Waals surface area contributed by atoms with Crippen LogP contribution in [0.4, 0.5) is 20.4 Å². The molecule has 1 aliphatic rings. The van der Waals surface area contributed by atoms with Gasteiger partial charge < -0.3 is 30.0 Å². The van der Waals surface area contributed by atoms with E-state index in [9.17, 15) is 13.9 Å². The molecule has 0 unspecified atom stereocenters. The number of aromatic nitrogens is 5. The van der Waals surface area contributed by atoms with Crippen LogP contribution in [0.5, 0.6) is 5.75 Å². The average molecular weight is 555 g/mol. The topological polar surface area (TPSA) is 143 Å². The van der Waals surface area contributed by atoms with Gasteiger partial charge in [-0.25, -0.2) is 13.5 Å². The van der Waals surface area contributed by atoms with Crippen LogP contribution in [0.15, 0.2) is 47.2 Å². The Bertz CT molecular complexity index is 1630. The van der Waals surface area contributed by atoms with Gasteiger partial charge in [0.25, 0.3) is 0 Å². The fourth-order valence-corrected chi connectivity index (χ4v) is 4.85. The smallest absolute Gasteiger partial charge is 0.223 e. The van der Waals surface area contributed by atoms with Crippen LogP contribution in [0.1, 0.15) is 0 Å². The van der Waals surface area contributed by atoms with E-state index < -0.39 is 24.3 Å². The van der Waals surface area contributed by atoms with Crippen molar-refractivity contribution in [1.29, 1.82) is 0 Å². The number of nitrogens with two attached hydrogens (primary N) is 1. The first-order valence-electron chi connectivity index (χ1n) is 12.8. The van der Waals surface area contributed by atoms with E-state index >= 15 is 0 Å². The van der Waals surface area contributed by atoms with Crippen molar-refractivity contribution in [2.75, 3.05) is 56.6 Å². The molecule has 1 saturated heterocycles. The Morgan fingerprint density at radius 3 is 2.67 bits per heavy atom. The lowest BCUT2D eigenvalue weighted by Gasteiger charge is -2.36. The van der Waals surface area contributed by atoms with Gasteiger partial charge in [0.2, 0.25) is 5.95 Å². The fraction of sp³-hybridized carbons (Fsp3) is 0.346. The predicted molar refractivity (Wildman–Crippen MR) is 142 cm³/mol. The van der Waals surface area contributed by atoms with Crippen molar-refractivity contribution in [3.05, 3.63) is 54.4 Å². The highest BCUT2D eigenvalue weighted by Gasteiger charge is 2.23. The quantitative estimate of drug-likeness (QED) is 0.247. The van der Waals surface area contributed by atoms with Gasteiger partial charge in [0, 0.05) is 44.9 Å². The molecule has 6 rings (SSSR count). The minimum Gasteiger partial charge on any atom is -0.488 e. The van der Waals surface area contributed by atoms with E-state index in [2.05, 4.69) is 20.1 Å². The second-order valence-electron chi connectivity index (χ2n) is 9.59. The normalized spacial score (nSPS) is 15.3. The molecule has 5 aromatic rings. The number of halogens is 2. The summed E-state index contributed by atoms with van der Waals surface area (Å²) < 4.78 is 42.9. The Balaban J connectivity index is 1.11. The second kappa shape index (κ2) is 10.7. The van der Waals surface area contributed by atoms with Crippen molar-refractivity contribution in [3.8, 4) is 17.2 Å². The predicted octanol–water partition coefficient (Wildman–Crippen LogP) is 1.75. The van der Waals surface area contributed by atoms with Gasteiger partial charge >= 0.3 is 0 Å². The van der Waals surface area contributed by atoms with Crippen LogP contribution < -0.4 is 15.4 Å². The van der Waals surface area contributed by atoms with E-state index in [4.69, 9.17) is 20.0 Å². The number of nitrogen functional groups attached to an aromatic ring is 1. The summed E-state index contributed by atoms with van der Waals surface area (Å²) in [6, 6.07) is 7.59. The summed E-state index contributed by atoms with van der Waals surface area (Å²) >= 11 is 0. The number of anilines is 2. The van der Waals surface area contributed by atoms with Crippen LogP contribution in [0.3, 0.4) is 0 Å². The molecule has 5 heterocycles. The molecule has 40 heavy (non-hydrogen) atoms. The Morgan fingerprint density at radius 2 is 1.93 bits per heavy atom. The minimum atomic E-state index is -1.15. The molecule has 1 atom stereocenters. The van der Waals surface area contributed by atoms with Gasteiger partial charge in [-0.15, -0.1) is 0 Å². The Morgan fingerprint density at radius 1 is 1.10 bits per heavy atom. The number of ether oxygens (including phenoxy) is 1. The standard InChI is InChI=1S/C26H28F2N8O4/c27-18-10-19(28)24(40-15-16(38)14-37)12-22(18)34-6-3-33(4-7-34)5-8-35-25-17(13-30-35)21-11-20(23-2-1-9-39-23)32-36(21)26(29)31-25/h1-2,9-13,16,37-38H,3-8,14-15H2,(H2,29,31)/t16-/m0/s1. The summed E-state index contributed by atoms with van der Waals surface area (Å²) in [5.41, 5.74) is 8.53. The first-order chi connectivity index (χ1) is 19.4. The van der Waals surface area contributed by atoms with Crippen molar-refractivity contribution < 1.29 is 28.1 Å². The summed E-state index contributed by atoms with van der Waals surface area (Å²) in [6.07, 6.45) is 2.18. The lowest BCUT2D eigenvalue weighted by molar-refractivity contribution is 0.0523. The highest BCUT2D eigenvalue weighted by molar-refractivity contribution is 5.93. The molecule has 1 fully saturated rings. The number of benzene rings is 1. The first kappa shape index (κ1) is 26.0. The van der Waals surface area contributed by atoms with Crippen molar-refractivity contribution in [1.82, 2.24) is 29.3 Å². The van der Waals surface area contributed by atoms with Crippen molar-refractivity contribution >= 4 is 28.2 Å². The summed E-state index contributed by atoms with van der Waals surface area (Å²) in [6.45, 7) is 2.81. The van der Waals surface area contributed by atoms with Gasteiger partial charge in [0.15, 0.2) is 23.0 Å². The molecule has 1 aliphatic heterocycles. The van der Waals surface area contributed by atoms with Crippen molar-refractivity contribution in [3.63, 3.8) is 0 Å². The fourth-order valence-electron chi connectivity index (χ4n) is 4.85. The first-order valence-corrected chi connectivity index (χ1v) is 12.8. The van der Waals surface area contributed by atoms with E-state index in [-0.39, 0.29) is 24.0 Å². The summed E-state index contributed by atoms with van der Waals surface area (Å²) in [7, 11) is 0. The molecule has 14 heteroatoms. The number of hydrogen-bond acceptors (Lipinski definition) is 10. The zero-order chi connectivity index (χ0) is 27.8. The average Bonchev–Trinajstić information content (AvgIpc) is 3.72. The summed E-state index contributed by atoms with van der Waals surface area (Å²) in [5, 5.41) is 28.3. The zero-order valence-corrected chi connectivity index (χ0v) is 21.5. The van der Waals surface area contributed by atoms with Gasteiger partial charge in [-0.3, -0.25) is 4.90 Å². The maximum atomic E-state index is 14.6. The lowest BCUT2D eigenvalue weighted by Crippen LogP contribution is -2.47. The number of aliphatic hydroxyl groups is 2.